The summed E-state index contributed by atoms with van der Waals surface area (Å²) in [6.45, 7) is 2.53. The van der Waals surface area contributed by atoms with Crippen LogP contribution in [0.4, 0.5) is 4.79 Å². The predicted molar refractivity (Wildman–Crippen MR) is 122 cm³/mol. The minimum absolute atomic E-state index is 0.0713. The Kier molecular flexibility index (Phi) is 9.13. The van der Waals surface area contributed by atoms with Gasteiger partial charge in [0.25, 0.3) is 0 Å². The molecule has 0 radical (unpaired) electrons. The van der Waals surface area contributed by atoms with E-state index in [9.17, 15) is 9.59 Å². The third-order valence-electron chi connectivity index (χ3n) is 6.39. The quantitative estimate of drug-likeness (QED) is 0.627. The summed E-state index contributed by atoms with van der Waals surface area (Å²) in [5.74, 6) is 0.866. The van der Waals surface area contributed by atoms with E-state index in [-0.39, 0.29) is 17.9 Å². The normalized spacial score (nSPS) is 19.1. The molecule has 1 aromatic rings. The van der Waals surface area contributed by atoms with Crippen LogP contribution in [-0.2, 0) is 11.3 Å². The van der Waals surface area contributed by atoms with Gasteiger partial charge in [-0.2, -0.15) is 0 Å². The molecule has 1 aromatic carbocycles. The van der Waals surface area contributed by atoms with Gasteiger partial charge in [0.2, 0.25) is 5.91 Å². The minimum Gasteiger partial charge on any atom is -0.356 e. The van der Waals surface area contributed by atoms with E-state index in [0.29, 0.717) is 35.6 Å². The van der Waals surface area contributed by atoms with Crippen molar-refractivity contribution >= 4 is 35.1 Å². The second-order valence-corrected chi connectivity index (χ2v) is 9.46. The monoisotopic (exact) mass is 453 g/mol. The van der Waals surface area contributed by atoms with Crippen molar-refractivity contribution in [1.29, 1.82) is 0 Å². The number of halogens is 2. The molecule has 3 rings (SSSR count). The Hall–Kier alpha value is -1.46. The predicted octanol–water partition coefficient (Wildman–Crippen LogP) is 5.39. The summed E-state index contributed by atoms with van der Waals surface area (Å²) in [5.41, 5.74) is 0.848. The van der Waals surface area contributed by atoms with Crippen LogP contribution in [0.3, 0.4) is 0 Å². The third kappa shape index (κ3) is 7.05. The fraction of sp³-hybridized carbons (Fsp3) is 0.652. The van der Waals surface area contributed by atoms with Crippen LogP contribution in [0.1, 0.15) is 63.4 Å². The van der Waals surface area contributed by atoms with E-state index in [4.69, 9.17) is 23.2 Å². The Morgan fingerprint density at radius 2 is 1.60 bits per heavy atom. The number of nitrogens with zero attached hydrogens (tertiary/aromatic N) is 1. The van der Waals surface area contributed by atoms with Gasteiger partial charge in [0.15, 0.2) is 0 Å². The highest BCUT2D eigenvalue weighted by atomic mass is 35.5. The molecule has 0 spiro atoms. The molecule has 0 aromatic heterocycles. The number of carbonyl (C=O) groups is 2. The Bertz CT molecular complexity index is 712. The minimum atomic E-state index is -0.0713. The van der Waals surface area contributed by atoms with Crippen molar-refractivity contribution < 1.29 is 9.59 Å². The Morgan fingerprint density at radius 3 is 2.27 bits per heavy atom. The first-order valence-corrected chi connectivity index (χ1v) is 12.0. The molecule has 0 bridgehead atoms. The molecule has 1 heterocycles. The third-order valence-corrected chi connectivity index (χ3v) is 6.97. The summed E-state index contributed by atoms with van der Waals surface area (Å²) in [5, 5.41) is 7.27. The maximum Gasteiger partial charge on any atom is 0.317 e. The lowest BCUT2D eigenvalue weighted by atomic mass is 9.90. The largest absolute Gasteiger partial charge is 0.356 e. The number of hydrogen-bond acceptors (Lipinski definition) is 2. The van der Waals surface area contributed by atoms with Crippen molar-refractivity contribution in [2.75, 3.05) is 19.6 Å². The fourth-order valence-electron chi connectivity index (χ4n) is 4.40. The van der Waals surface area contributed by atoms with Crippen LogP contribution in [0.5, 0.6) is 0 Å². The first-order chi connectivity index (χ1) is 14.5. The molecule has 1 saturated heterocycles. The van der Waals surface area contributed by atoms with Gasteiger partial charge >= 0.3 is 6.03 Å². The van der Waals surface area contributed by atoms with Crippen LogP contribution >= 0.6 is 23.2 Å². The molecule has 2 fully saturated rings. The summed E-state index contributed by atoms with van der Waals surface area (Å²) in [4.78, 5) is 26.9. The Labute approximate surface area is 189 Å². The number of urea groups is 1. The average molecular weight is 454 g/mol. The second kappa shape index (κ2) is 11.8. The van der Waals surface area contributed by atoms with E-state index in [0.717, 1.165) is 37.8 Å². The SMILES string of the molecule is O=C(NCC1CCN(C(=O)NCc2ccc(Cl)cc2Cl)CC1)C1CCCCCCC1. The molecule has 7 heteroatoms. The summed E-state index contributed by atoms with van der Waals surface area (Å²) in [7, 11) is 0. The summed E-state index contributed by atoms with van der Waals surface area (Å²) in [6, 6.07) is 5.21. The second-order valence-electron chi connectivity index (χ2n) is 8.61. The number of hydrogen-bond donors (Lipinski definition) is 2. The molecule has 30 heavy (non-hydrogen) atoms. The van der Waals surface area contributed by atoms with Crippen LogP contribution < -0.4 is 10.6 Å². The first-order valence-electron chi connectivity index (χ1n) is 11.3. The molecular weight excluding hydrogens is 421 g/mol. The van der Waals surface area contributed by atoms with Gasteiger partial charge < -0.3 is 15.5 Å². The molecule has 3 amide bonds. The van der Waals surface area contributed by atoms with Crippen molar-refractivity contribution in [2.45, 2.75) is 64.3 Å². The highest BCUT2D eigenvalue weighted by Crippen LogP contribution is 2.23. The van der Waals surface area contributed by atoms with Crippen LogP contribution in [0.25, 0.3) is 0 Å². The van der Waals surface area contributed by atoms with Gasteiger partial charge in [-0.25, -0.2) is 4.79 Å². The number of likely N-dealkylation sites (tertiary alicyclic amines) is 1. The van der Waals surface area contributed by atoms with Gasteiger partial charge in [-0.15, -0.1) is 0 Å². The van der Waals surface area contributed by atoms with Gasteiger partial charge in [-0.3, -0.25) is 4.79 Å². The average Bonchev–Trinajstić information content (AvgIpc) is 2.71. The van der Waals surface area contributed by atoms with Crippen LogP contribution in [0.2, 0.25) is 10.0 Å². The Balaban J connectivity index is 1.35. The maximum atomic E-state index is 12.5. The fourth-order valence-corrected chi connectivity index (χ4v) is 4.87. The molecule has 2 N–H and O–H groups in total. The van der Waals surface area contributed by atoms with Crippen LogP contribution in [-0.4, -0.2) is 36.5 Å². The lowest BCUT2D eigenvalue weighted by molar-refractivity contribution is -0.125. The number of nitrogens with one attached hydrogen (secondary N) is 2. The number of carbonyl (C=O) groups excluding carboxylic acids is 2. The highest BCUT2D eigenvalue weighted by Gasteiger charge is 2.25. The van der Waals surface area contributed by atoms with Gasteiger partial charge in [-0.1, -0.05) is 61.4 Å². The van der Waals surface area contributed by atoms with Crippen LogP contribution in [0.15, 0.2) is 18.2 Å². The Morgan fingerprint density at radius 1 is 0.933 bits per heavy atom. The van der Waals surface area contributed by atoms with Gasteiger partial charge in [0, 0.05) is 42.1 Å². The zero-order valence-electron chi connectivity index (χ0n) is 17.6. The topological polar surface area (TPSA) is 61.4 Å². The number of benzene rings is 1. The number of piperidine rings is 1. The van der Waals surface area contributed by atoms with Crippen LogP contribution in [0, 0.1) is 11.8 Å². The van der Waals surface area contributed by atoms with Gasteiger partial charge in [-0.05, 0) is 49.3 Å². The highest BCUT2D eigenvalue weighted by molar-refractivity contribution is 6.35. The van der Waals surface area contributed by atoms with Crippen molar-refractivity contribution in [3.8, 4) is 0 Å². The smallest absolute Gasteiger partial charge is 0.317 e. The molecule has 0 unspecified atom stereocenters. The zero-order valence-corrected chi connectivity index (χ0v) is 19.1. The standard InChI is InChI=1S/C23H33Cl2N3O2/c24-20-9-8-19(21(25)14-20)16-27-23(30)28-12-10-17(11-13-28)15-26-22(29)18-6-4-2-1-3-5-7-18/h8-9,14,17-18H,1-7,10-13,15-16H2,(H,26,29)(H,27,30). The summed E-state index contributed by atoms with van der Waals surface area (Å²) < 4.78 is 0. The maximum absolute atomic E-state index is 12.5. The molecule has 2 aliphatic rings. The lowest BCUT2D eigenvalue weighted by Gasteiger charge is -2.32. The van der Waals surface area contributed by atoms with Crippen molar-refractivity contribution in [3.63, 3.8) is 0 Å². The van der Waals surface area contributed by atoms with Crippen molar-refractivity contribution in [1.82, 2.24) is 15.5 Å². The number of rotatable bonds is 5. The van der Waals surface area contributed by atoms with E-state index >= 15 is 0 Å². The van der Waals surface area contributed by atoms with E-state index in [1.807, 2.05) is 11.0 Å². The lowest BCUT2D eigenvalue weighted by Crippen LogP contribution is -2.46. The summed E-state index contributed by atoms with van der Waals surface area (Å²) in [6.07, 6.45) is 10.1. The molecule has 0 atom stereocenters. The van der Waals surface area contributed by atoms with E-state index < -0.39 is 0 Å². The molecule has 5 nitrogen and oxygen atoms in total. The van der Waals surface area contributed by atoms with Gasteiger partial charge in [0.1, 0.15) is 0 Å². The van der Waals surface area contributed by atoms with E-state index in [1.54, 1.807) is 12.1 Å². The summed E-state index contributed by atoms with van der Waals surface area (Å²) >= 11 is 12.1. The molecule has 1 aliphatic heterocycles. The molecular formula is C23H33Cl2N3O2. The molecule has 1 saturated carbocycles. The first kappa shape index (κ1) is 23.2. The number of amides is 3. The van der Waals surface area contributed by atoms with Crippen molar-refractivity contribution in [3.05, 3.63) is 33.8 Å². The van der Waals surface area contributed by atoms with Gasteiger partial charge in [0.05, 0.1) is 0 Å². The van der Waals surface area contributed by atoms with E-state index in [2.05, 4.69) is 10.6 Å². The van der Waals surface area contributed by atoms with Crippen molar-refractivity contribution in [2.24, 2.45) is 11.8 Å². The molecule has 166 valence electrons. The van der Waals surface area contributed by atoms with E-state index in [1.165, 1.54) is 32.1 Å². The molecule has 1 aliphatic carbocycles. The zero-order chi connectivity index (χ0) is 21.3.